The predicted octanol–water partition coefficient (Wildman–Crippen LogP) is 3.88. The zero-order valence-electron chi connectivity index (χ0n) is 7.16. The number of rotatable bonds is 2. The molecule has 0 aliphatic heterocycles. The Morgan fingerprint density at radius 1 is 1.31 bits per heavy atom. The molecule has 1 aromatic heterocycles. The van der Waals surface area contributed by atoms with Crippen molar-refractivity contribution < 1.29 is 0 Å². The summed E-state index contributed by atoms with van der Waals surface area (Å²) >= 11 is 1.70. The average Bonchev–Trinajstić information content (AvgIpc) is 2.55. The quantitative estimate of drug-likeness (QED) is 0.633. The SMILES string of the molecule is C=Cc1sc2ccccc2c1N=C. The topological polar surface area (TPSA) is 12.4 Å². The van der Waals surface area contributed by atoms with E-state index in [2.05, 4.69) is 30.4 Å². The third-order valence-corrected chi connectivity index (χ3v) is 3.09. The van der Waals surface area contributed by atoms with Crippen molar-refractivity contribution in [3.63, 3.8) is 0 Å². The first-order chi connectivity index (χ1) is 6.36. The minimum absolute atomic E-state index is 0.954. The molecule has 0 atom stereocenters. The second-order valence-electron chi connectivity index (χ2n) is 2.67. The van der Waals surface area contributed by atoms with Crippen molar-refractivity contribution >= 4 is 39.9 Å². The van der Waals surface area contributed by atoms with E-state index in [-0.39, 0.29) is 0 Å². The van der Waals surface area contributed by atoms with Crippen LogP contribution < -0.4 is 0 Å². The van der Waals surface area contributed by atoms with Gasteiger partial charge in [0, 0.05) is 10.1 Å². The molecule has 1 heterocycles. The van der Waals surface area contributed by atoms with Crippen LogP contribution in [0, 0.1) is 0 Å². The Morgan fingerprint density at radius 3 is 2.77 bits per heavy atom. The van der Waals surface area contributed by atoms with Gasteiger partial charge in [0.25, 0.3) is 0 Å². The van der Waals surface area contributed by atoms with Crippen LogP contribution in [0.3, 0.4) is 0 Å². The van der Waals surface area contributed by atoms with Crippen LogP contribution in [0.4, 0.5) is 5.69 Å². The van der Waals surface area contributed by atoms with Crippen molar-refractivity contribution in [1.29, 1.82) is 0 Å². The smallest absolute Gasteiger partial charge is 0.0880 e. The van der Waals surface area contributed by atoms with Crippen molar-refractivity contribution in [3.8, 4) is 0 Å². The van der Waals surface area contributed by atoms with Gasteiger partial charge in [0.05, 0.1) is 10.6 Å². The highest BCUT2D eigenvalue weighted by molar-refractivity contribution is 7.20. The molecule has 2 rings (SSSR count). The van der Waals surface area contributed by atoms with E-state index < -0.39 is 0 Å². The van der Waals surface area contributed by atoms with Gasteiger partial charge in [-0.15, -0.1) is 11.3 Å². The van der Waals surface area contributed by atoms with E-state index in [1.807, 2.05) is 18.2 Å². The molecule has 0 aliphatic carbocycles. The summed E-state index contributed by atoms with van der Waals surface area (Å²) in [4.78, 5) is 5.11. The molecule has 1 aromatic carbocycles. The largest absolute Gasteiger partial charge is 0.262 e. The molecule has 0 radical (unpaired) electrons. The van der Waals surface area contributed by atoms with Gasteiger partial charge in [-0.05, 0) is 18.9 Å². The fourth-order valence-electron chi connectivity index (χ4n) is 1.35. The third kappa shape index (κ3) is 1.19. The van der Waals surface area contributed by atoms with E-state index in [1.165, 1.54) is 4.70 Å². The molecule has 0 aliphatic rings. The minimum atomic E-state index is 0.954. The maximum atomic E-state index is 4.02. The van der Waals surface area contributed by atoms with Gasteiger partial charge in [0.1, 0.15) is 0 Å². The lowest BCUT2D eigenvalue weighted by atomic mass is 10.2. The lowest BCUT2D eigenvalue weighted by Crippen LogP contribution is -1.63. The van der Waals surface area contributed by atoms with Crippen LogP contribution in [0.2, 0.25) is 0 Å². The summed E-state index contributed by atoms with van der Waals surface area (Å²) in [5.41, 5.74) is 0.954. The van der Waals surface area contributed by atoms with Gasteiger partial charge < -0.3 is 0 Å². The molecule has 0 saturated heterocycles. The molecule has 0 N–H and O–H groups in total. The summed E-state index contributed by atoms with van der Waals surface area (Å²) in [6, 6.07) is 8.18. The molecule has 0 fully saturated rings. The molecule has 0 bridgehead atoms. The molecule has 2 aromatic rings. The Balaban J connectivity index is 2.88. The summed E-state index contributed by atoms with van der Waals surface area (Å²) in [5.74, 6) is 0. The standard InChI is InChI=1S/C11H9NS/c1-3-9-11(12-2)8-6-4-5-7-10(8)13-9/h3-7H,1-2H2. The van der Waals surface area contributed by atoms with Gasteiger partial charge in [-0.3, -0.25) is 4.99 Å². The van der Waals surface area contributed by atoms with Crippen molar-refractivity contribution in [3.05, 3.63) is 35.7 Å². The number of thiophene rings is 1. The summed E-state index contributed by atoms with van der Waals surface area (Å²) in [7, 11) is 0. The molecule has 2 heteroatoms. The summed E-state index contributed by atoms with van der Waals surface area (Å²) in [5, 5.41) is 1.16. The van der Waals surface area contributed by atoms with E-state index in [0.29, 0.717) is 0 Å². The van der Waals surface area contributed by atoms with Crippen LogP contribution in [0.5, 0.6) is 0 Å². The van der Waals surface area contributed by atoms with Gasteiger partial charge in [-0.2, -0.15) is 0 Å². The van der Waals surface area contributed by atoms with E-state index in [9.17, 15) is 0 Å². The first-order valence-electron chi connectivity index (χ1n) is 3.97. The Hall–Kier alpha value is -1.41. The Labute approximate surface area is 81.1 Å². The highest BCUT2D eigenvalue weighted by Gasteiger charge is 2.06. The highest BCUT2D eigenvalue weighted by atomic mass is 32.1. The van der Waals surface area contributed by atoms with Crippen LogP contribution in [-0.2, 0) is 0 Å². The summed E-state index contributed by atoms with van der Waals surface area (Å²) in [6.07, 6.45) is 1.83. The van der Waals surface area contributed by atoms with Crippen molar-refractivity contribution in [2.75, 3.05) is 0 Å². The van der Waals surface area contributed by atoms with E-state index in [1.54, 1.807) is 11.3 Å². The monoisotopic (exact) mass is 187 g/mol. The molecule has 0 saturated carbocycles. The number of benzene rings is 1. The van der Waals surface area contributed by atoms with Gasteiger partial charge in [0.2, 0.25) is 0 Å². The second kappa shape index (κ2) is 3.15. The molecule has 0 spiro atoms. The van der Waals surface area contributed by atoms with Crippen LogP contribution in [0.15, 0.2) is 35.8 Å². The number of hydrogen-bond donors (Lipinski definition) is 0. The molecular formula is C11H9NS. The average molecular weight is 187 g/mol. The molecule has 1 nitrogen and oxygen atoms in total. The zero-order valence-corrected chi connectivity index (χ0v) is 7.97. The molecule has 0 amide bonds. The van der Waals surface area contributed by atoms with Crippen molar-refractivity contribution in [1.82, 2.24) is 0 Å². The Bertz CT molecular complexity index is 468. The fraction of sp³-hybridized carbons (Fsp3) is 0. The highest BCUT2D eigenvalue weighted by Crippen LogP contribution is 2.37. The molecule has 13 heavy (non-hydrogen) atoms. The second-order valence-corrected chi connectivity index (χ2v) is 3.76. The minimum Gasteiger partial charge on any atom is -0.262 e. The number of hydrogen-bond acceptors (Lipinski definition) is 2. The first-order valence-corrected chi connectivity index (χ1v) is 4.79. The molecular weight excluding hydrogens is 178 g/mol. The van der Waals surface area contributed by atoms with E-state index in [0.717, 1.165) is 16.0 Å². The van der Waals surface area contributed by atoms with Gasteiger partial charge in [-0.25, -0.2) is 0 Å². The first kappa shape index (κ1) is 8.20. The normalized spacial score (nSPS) is 10.2. The molecule has 64 valence electrons. The Morgan fingerprint density at radius 2 is 2.08 bits per heavy atom. The summed E-state index contributed by atoms with van der Waals surface area (Å²) in [6.45, 7) is 7.33. The number of fused-ring (bicyclic) bond motifs is 1. The summed E-state index contributed by atoms with van der Waals surface area (Å²) < 4.78 is 1.24. The predicted molar refractivity (Wildman–Crippen MR) is 61.1 cm³/mol. The fourth-order valence-corrected chi connectivity index (χ4v) is 2.36. The van der Waals surface area contributed by atoms with E-state index >= 15 is 0 Å². The molecule has 0 unspecified atom stereocenters. The number of aliphatic imine (C=N–C) groups is 1. The number of nitrogens with zero attached hydrogens (tertiary/aromatic N) is 1. The Kier molecular flexibility index (Phi) is 1.99. The lowest BCUT2D eigenvalue weighted by Gasteiger charge is -1.90. The van der Waals surface area contributed by atoms with Crippen molar-refractivity contribution in [2.45, 2.75) is 0 Å². The van der Waals surface area contributed by atoms with Crippen LogP contribution >= 0.6 is 11.3 Å². The maximum Gasteiger partial charge on any atom is 0.0880 e. The maximum absolute atomic E-state index is 4.02. The van der Waals surface area contributed by atoms with Crippen LogP contribution in [0.25, 0.3) is 16.2 Å². The van der Waals surface area contributed by atoms with Crippen LogP contribution in [-0.4, -0.2) is 6.72 Å². The third-order valence-electron chi connectivity index (χ3n) is 1.94. The van der Waals surface area contributed by atoms with E-state index in [4.69, 9.17) is 0 Å². The van der Waals surface area contributed by atoms with Gasteiger partial charge in [0.15, 0.2) is 0 Å². The van der Waals surface area contributed by atoms with Crippen molar-refractivity contribution in [2.24, 2.45) is 4.99 Å². The van der Waals surface area contributed by atoms with Gasteiger partial charge >= 0.3 is 0 Å². The lowest BCUT2D eigenvalue weighted by molar-refractivity contribution is 1.64. The van der Waals surface area contributed by atoms with Crippen LogP contribution in [0.1, 0.15) is 4.88 Å². The van der Waals surface area contributed by atoms with Gasteiger partial charge in [-0.1, -0.05) is 24.8 Å². The zero-order chi connectivity index (χ0) is 9.26.